The first-order chi connectivity index (χ1) is 14.0. The fourth-order valence-electron chi connectivity index (χ4n) is 3.94. The van der Waals surface area contributed by atoms with Crippen LogP contribution in [-0.2, 0) is 23.3 Å². The van der Waals surface area contributed by atoms with Gasteiger partial charge in [-0.2, -0.15) is 17.2 Å². The Morgan fingerprint density at radius 3 is 1.97 bits per heavy atom. The Morgan fingerprint density at radius 1 is 0.909 bits per heavy atom. The summed E-state index contributed by atoms with van der Waals surface area (Å²) in [6.07, 6.45) is 6.10. The summed E-state index contributed by atoms with van der Waals surface area (Å²) in [5, 5.41) is 2.80. The molecule has 0 N–H and O–H groups in total. The van der Waals surface area contributed by atoms with Crippen LogP contribution in [0.15, 0.2) is 77.4 Å². The minimum atomic E-state index is 0. The molecular formula is C29H36Cl2SiZr-4. The largest absolute Gasteiger partial charge is 0.164 e. The van der Waals surface area contributed by atoms with E-state index in [0.29, 0.717) is 5.92 Å². The molecule has 0 saturated heterocycles. The zero-order valence-electron chi connectivity index (χ0n) is 20.7. The van der Waals surface area contributed by atoms with Gasteiger partial charge in [-0.05, 0) is 24.3 Å². The molecule has 0 nitrogen and oxygen atoms in total. The molecule has 2 radical (unpaired) electrons. The third-order valence-electron chi connectivity index (χ3n) is 6.14. The fraction of sp³-hybridized carbons (Fsp3) is 0.276. The van der Waals surface area contributed by atoms with E-state index in [-0.39, 0.29) is 39.7 Å². The normalized spacial score (nSPS) is 15.7. The van der Waals surface area contributed by atoms with E-state index in [1.807, 2.05) is 0 Å². The molecule has 178 valence electrons. The molecule has 5 rings (SSSR count). The van der Waals surface area contributed by atoms with Crippen LogP contribution in [0.1, 0.15) is 52.0 Å². The summed E-state index contributed by atoms with van der Waals surface area (Å²) in [5.41, 5.74) is 8.46. The Labute approximate surface area is 231 Å². The van der Waals surface area contributed by atoms with Crippen molar-refractivity contribution in [3.8, 4) is 11.1 Å². The van der Waals surface area contributed by atoms with Gasteiger partial charge < -0.3 is 14.9 Å². The van der Waals surface area contributed by atoms with Crippen LogP contribution in [0, 0.1) is 26.8 Å². The van der Waals surface area contributed by atoms with Crippen molar-refractivity contribution in [2.24, 2.45) is 5.92 Å². The van der Waals surface area contributed by atoms with E-state index in [2.05, 4.69) is 101 Å². The second-order valence-electron chi connectivity index (χ2n) is 8.04. The second kappa shape index (κ2) is 16.0. The first kappa shape index (κ1) is 34.4. The molecule has 1 fully saturated rings. The monoisotopic (exact) mass is 572 g/mol. The first-order valence-corrected chi connectivity index (χ1v) is 14.5. The van der Waals surface area contributed by atoms with Gasteiger partial charge in [-0.1, -0.05) is 68.7 Å². The van der Waals surface area contributed by atoms with Crippen molar-refractivity contribution in [2.75, 3.05) is 0 Å². The van der Waals surface area contributed by atoms with Crippen molar-refractivity contribution in [1.29, 1.82) is 0 Å². The van der Waals surface area contributed by atoms with Crippen molar-refractivity contribution in [2.45, 2.75) is 46.5 Å². The van der Waals surface area contributed by atoms with Crippen LogP contribution in [0.5, 0.6) is 0 Å². The Hall–Kier alpha value is -0.790. The maximum atomic E-state index is 3.36. The predicted molar refractivity (Wildman–Crippen MR) is 150 cm³/mol. The van der Waals surface area contributed by atoms with Crippen molar-refractivity contribution in [1.82, 2.24) is 0 Å². The van der Waals surface area contributed by atoms with Gasteiger partial charge in [0.1, 0.15) is 0 Å². The van der Waals surface area contributed by atoms with E-state index < -0.39 is 0 Å². The number of hydrogen-bond donors (Lipinski definition) is 0. The standard InChI is InChI=1S/C18H15.C9H13.2CH3.2ClH.Si.Zr/c1-2-5-14(6-3-1)17-8-4-7-15-11-16(12-18(15)17)13-9-10-13;1-6-5-7(2)9(4)8(6)3;;;;;;/h1-8,11-13H,9-10H2;6H,1-4H3;2*1H3;2*1H;;/q4*-1;;;;. The maximum absolute atomic E-state index is 3.36. The number of rotatable bonds is 2. The summed E-state index contributed by atoms with van der Waals surface area (Å²) in [7, 11) is 0. The number of benzene rings is 2. The smallest absolute Gasteiger partial charge is 0.0279 e. The zero-order valence-corrected chi connectivity index (χ0v) is 25.7. The quantitative estimate of drug-likeness (QED) is 0.211. The molecule has 33 heavy (non-hydrogen) atoms. The molecule has 1 saturated carbocycles. The average molecular weight is 575 g/mol. The van der Waals surface area contributed by atoms with E-state index in [1.165, 1.54) is 80.4 Å². The van der Waals surface area contributed by atoms with Crippen molar-refractivity contribution in [3.63, 3.8) is 0 Å². The second-order valence-corrected chi connectivity index (χ2v) is 8.04. The van der Waals surface area contributed by atoms with Crippen molar-refractivity contribution >= 4 is 42.5 Å². The van der Waals surface area contributed by atoms with Gasteiger partial charge in [0.25, 0.3) is 0 Å². The zero-order chi connectivity index (χ0) is 21.0. The van der Waals surface area contributed by atoms with Gasteiger partial charge in [0.2, 0.25) is 0 Å². The average Bonchev–Trinajstić information content (AvgIpc) is 3.48. The van der Waals surface area contributed by atoms with Crippen LogP contribution in [-0.4, -0.2) is 6.88 Å². The summed E-state index contributed by atoms with van der Waals surface area (Å²) >= 11 is 1.36. The molecule has 1 atom stereocenters. The Balaban J connectivity index is 0. The molecule has 3 aromatic rings. The van der Waals surface area contributed by atoms with E-state index in [1.54, 1.807) is 0 Å². The van der Waals surface area contributed by atoms with Gasteiger partial charge in [-0.15, -0.1) is 66.3 Å². The van der Waals surface area contributed by atoms with Crippen molar-refractivity contribution < 1.29 is 23.3 Å². The summed E-state index contributed by atoms with van der Waals surface area (Å²) < 4.78 is 0. The van der Waals surface area contributed by atoms with E-state index in [4.69, 9.17) is 0 Å². The predicted octanol–water partition coefficient (Wildman–Crippen LogP) is 9.19. The molecule has 2 aliphatic carbocycles. The van der Waals surface area contributed by atoms with Crippen LogP contribution < -0.4 is 0 Å². The molecule has 0 amide bonds. The Kier molecular flexibility index (Phi) is 16.7. The fourth-order valence-corrected chi connectivity index (χ4v) is 3.94. The molecule has 3 aromatic carbocycles. The van der Waals surface area contributed by atoms with Gasteiger partial charge in [0.05, 0.1) is 0 Å². The molecule has 0 aromatic heterocycles. The Morgan fingerprint density at radius 2 is 1.52 bits per heavy atom. The van der Waals surface area contributed by atoms with Crippen LogP contribution in [0.4, 0.5) is 0 Å². The minimum absolute atomic E-state index is 0. The van der Waals surface area contributed by atoms with Gasteiger partial charge in [0.15, 0.2) is 0 Å². The number of halogens is 2. The first-order valence-electron chi connectivity index (χ1n) is 10.3. The molecule has 0 bridgehead atoms. The van der Waals surface area contributed by atoms with E-state index in [0.717, 1.165) is 5.92 Å². The number of hydrogen-bond acceptors (Lipinski definition) is 0. The van der Waals surface area contributed by atoms with Crippen molar-refractivity contribution in [3.05, 3.63) is 104 Å². The van der Waals surface area contributed by atoms with Gasteiger partial charge in [0, 0.05) is 0 Å². The molecule has 4 heteroatoms. The maximum Gasteiger partial charge on any atom is -0.0279 e. The summed E-state index contributed by atoms with van der Waals surface area (Å²) in [6, 6.07) is 22.1. The number of fused-ring (bicyclic) bond motifs is 1. The third kappa shape index (κ3) is 8.43. The number of allylic oxidation sites excluding steroid dienone is 4. The van der Waals surface area contributed by atoms with Crippen LogP contribution in [0.2, 0.25) is 0 Å². The molecule has 2 aliphatic rings. The third-order valence-corrected chi connectivity index (χ3v) is 6.14. The minimum Gasteiger partial charge on any atom is -0.164 e. The van der Waals surface area contributed by atoms with Gasteiger partial charge in [-0.25, -0.2) is 5.57 Å². The van der Waals surface area contributed by atoms with E-state index >= 15 is 0 Å². The van der Waals surface area contributed by atoms with Gasteiger partial charge >= 0.3 is 30.2 Å². The summed E-state index contributed by atoms with van der Waals surface area (Å²) in [4.78, 5) is 0. The van der Waals surface area contributed by atoms with Crippen LogP contribution in [0.3, 0.4) is 0 Å². The van der Waals surface area contributed by atoms with Gasteiger partial charge in [-0.3, -0.25) is 6.08 Å². The van der Waals surface area contributed by atoms with E-state index in [9.17, 15) is 0 Å². The SMILES string of the molecule is CC1=[C-]C(C)C(C)=C1C.Cl.Cl.[CH3-].[CH3-].[Si]=[Zr].c1ccc(-c2cccc3[cH-]c(C4CC4)cc23)cc1. The summed E-state index contributed by atoms with van der Waals surface area (Å²) in [5.74, 6) is 1.39. The molecule has 0 aliphatic heterocycles. The van der Waals surface area contributed by atoms with Crippen LogP contribution >= 0.6 is 24.8 Å². The summed E-state index contributed by atoms with van der Waals surface area (Å²) in [6.45, 7) is 11.7. The molecule has 0 heterocycles. The topological polar surface area (TPSA) is 0 Å². The Bertz CT molecular complexity index is 1050. The molecule has 0 spiro atoms. The van der Waals surface area contributed by atoms with Crippen LogP contribution in [0.25, 0.3) is 21.9 Å². The molecule has 1 unspecified atom stereocenters. The molecular weight excluding hydrogens is 539 g/mol.